The predicted octanol–water partition coefficient (Wildman–Crippen LogP) is 4.28. The number of nitrogens with one attached hydrogen (secondary N) is 1. The third kappa shape index (κ3) is 9.00. The van der Waals surface area contributed by atoms with E-state index in [2.05, 4.69) is 98.5 Å². The molecule has 50 heavy (non-hydrogen) atoms. The summed E-state index contributed by atoms with van der Waals surface area (Å²) in [6, 6.07) is 24.8. The number of aliphatic hydroxyl groups is 2. The van der Waals surface area contributed by atoms with Gasteiger partial charge in [-0.15, -0.1) is 0 Å². The minimum absolute atomic E-state index is 0.0246. The van der Waals surface area contributed by atoms with Gasteiger partial charge in [0.05, 0.1) is 12.7 Å². The van der Waals surface area contributed by atoms with E-state index in [9.17, 15) is 15.0 Å². The molecule has 3 unspecified atom stereocenters. The molecular weight excluding hydrogens is 648 g/mol. The molecule has 10 heteroatoms. The van der Waals surface area contributed by atoms with Crippen molar-refractivity contribution in [1.29, 1.82) is 0 Å². The number of aryl methyl sites for hydroxylation is 1. The fraction of sp³-hybridized carbons (Fsp3) is 0.475. The van der Waals surface area contributed by atoms with Gasteiger partial charge in [-0.3, -0.25) is 4.79 Å². The van der Waals surface area contributed by atoms with Gasteiger partial charge in [-0.1, -0.05) is 53.6 Å². The number of rotatable bonds is 13. The first-order valence-corrected chi connectivity index (χ1v) is 18.5. The molecule has 0 aliphatic carbocycles. The number of benzene rings is 3. The van der Waals surface area contributed by atoms with Crippen molar-refractivity contribution in [3.05, 3.63) is 101 Å². The van der Waals surface area contributed by atoms with Crippen molar-refractivity contribution < 1.29 is 15.0 Å². The van der Waals surface area contributed by atoms with Gasteiger partial charge in [0.25, 0.3) is 0 Å². The molecule has 0 aromatic heterocycles. The number of nitrogens with zero attached hydrogens (tertiary/aromatic N) is 5. The normalized spacial score (nSPS) is 21.0. The molecule has 3 N–H and O–H groups in total. The molecule has 3 aromatic rings. The van der Waals surface area contributed by atoms with Crippen LogP contribution in [0.2, 0.25) is 5.02 Å². The Morgan fingerprint density at radius 3 is 2.04 bits per heavy atom. The highest BCUT2D eigenvalue weighted by molar-refractivity contribution is 6.30. The van der Waals surface area contributed by atoms with Crippen molar-refractivity contribution in [2.24, 2.45) is 0 Å². The first-order valence-electron chi connectivity index (χ1n) is 18.2. The van der Waals surface area contributed by atoms with E-state index in [4.69, 9.17) is 11.6 Å². The number of carbonyl (C=O) groups excluding carboxylic acids is 1. The monoisotopic (exact) mass is 700 g/mol. The van der Waals surface area contributed by atoms with Crippen LogP contribution in [0.15, 0.2) is 79.0 Å². The standard InChI is InChI=1S/C40H53ClN6O3/c1-30-4-12-34(13-5-30)45-24-26-46(27-25-45)35-14-8-32(9-15-35)38-37(31-6-10-33(41)11-7-31)28-47(19-16-36(49)29-48)39(38)40(50)42-17-3-18-44-22-20-43(2)21-23-44/h4-15,28,36,38-39,48-49H,3,16-27,29H2,1-2H3,(H,42,50). The lowest BCUT2D eigenvalue weighted by atomic mass is 9.83. The van der Waals surface area contributed by atoms with E-state index in [1.54, 1.807) is 0 Å². The summed E-state index contributed by atoms with van der Waals surface area (Å²) >= 11 is 6.30. The third-order valence-corrected chi connectivity index (χ3v) is 10.8. The zero-order valence-electron chi connectivity index (χ0n) is 29.6. The lowest BCUT2D eigenvalue weighted by molar-refractivity contribution is -0.125. The van der Waals surface area contributed by atoms with Gasteiger partial charge in [0, 0.05) is 94.0 Å². The molecule has 0 radical (unpaired) electrons. The largest absolute Gasteiger partial charge is 0.394 e. The van der Waals surface area contributed by atoms with Gasteiger partial charge in [-0.2, -0.15) is 0 Å². The van der Waals surface area contributed by atoms with Crippen LogP contribution in [0.3, 0.4) is 0 Å². The summed E-state index contributed by atoms with van der Waals surface area (Å²) in [5.74, 6) is -0.254. The Kier molecular flexibility index (Phi) is 12.4. The molecule has 0 bridgehead atoms. The first kappa shape index (κ1) is 36.2. The number of anilines is 2. The third-order valence-electron chi connectivity index (χ3n) is 10.5. The fourth-order valence-corrected chi connectivity index (χ4v) is 7.54. The molecule has 0 spiro atoms. The van der Waals surface area contributed by atoms with E-state index in [1.807, 2.05) is 24.3 Å². The molecule has 3 atom stereocenters. The highest BCUT2D eigenvalue weighted by Gasteiger charge is 2.41. The van der Waals surface area contributed by atoms with Crippen molar-refractivity contribution >= 4 is 34.5 Å². The number of hydrogen-bond acceptors (Lipinski definition) is 8. The van der Waals surface area contributed by atoms with Crippen LogP contribution in [-0.2, 0) is 4.79 Å². The predicted molar refractivity (Wildman–Crippen MR) is 204 cm³/mol. The van der Waals surface area contributed by atoms with Crippen LogP contribution in [0.1, 0.15) is 35.4 Å². The Labute approximate surface area is 302 Å². The Morgan fingerprint density at radius 1 is 0.840 bits per heavy atom. The maximum Gasteiger partial charge on any atom is 0.243 e. The second kappa shape index (κ2) is 17.1. The lowest BCUT2D eigenvalue weighted by Gasteiger charge is -2.37. The van der Waals surface area contributed by atoms with Crippen LogP contribution < -0.4 is 15.1 Å². The van der Waals surface area contributed by atoms with Crippen LogP contribution in [0.4, 0.5) is 11.4 Å². The SMILES string of the molecule is Cc1ccc(N2CCN(c3ccc(C4C(c5ccc(Cl)cc5)=CN(CCC(O)CO)C4C(=O)NCCCN4CCN(C)CC4)cc3)CC2)cc1. The Hall–Kier alpha value is -3.60. The second-order valence-electron chi connectivity index (χ2n) is 14.1. The fourth-order valence-electron chi connectivity index (χ4n) is 7.42. The van der Waals surface area contributed by atoms with E-state index in [1.165, 1.54) is 16.9 Å². The molecule has 1 amide bonds. The number of carbonyl (C=O) groups is 1. The molecule has 2 saturated heterocycles. The van der Waals surface area contributed by atoms with Gasteiger partial charge in [0.1, 0.15) is 6.04 Å². The van der Waals surface area contributed by atoms with Gasteiger partial charge in [0.2, 0.25) is 5.91 Å². The van der Waals surface area contributed by atoms with Gasteiger partial charge in [-0.25, -0.2) is 0 Å². The quantitative estimate of drug-likeness (QED) is 0.228. The van der Waals surface area contributed by atoms with E-state index in [0.29, 0.717) is 24.5 Å². The van der Waals surface area contributed by atoms with Crippen molar-refractivity contribution in [3.8, 4) is 0 Å². The highest BCUT2D eigenvalue weighted by atomic mass is 35.5. The highest BCUT2D eigenvalue weighted by Crippen LogP contribution is 2.43. The van der Waals surface area contributed by atoms with Crippen LogP contribution in [0.25, 0.3) is 5.57 Å². The molecule has 3 heterocycles. The van der Waals surface area contributed by atoms with Crippen LogP contribution in [0, 0.1) is 6.92 Å². The lowest BCUT2D eigenvalue weighted by Crippen LogP contribution is -2.47. The van der Waals surface area contributed by atoms with Crippen molar-refractivity contribution in [3.63, 3.8) is 0 Å². The van der Waals surface area contributed by atoms with Gasteiger partial charge >= 0.3 is 0 Å². The van der Waals surface area contributed by atoms with E-state index < -0.39 is 12.1 Å². The molecule has 3 aromatic carbocycles. The molecular formula is C40H53ClN6O3. The van der Waals surface area contributed by atoms with Gasteiger partial charge < -0.3 is 40.0 Å². The van der Waals surface area contributed by atoms with E-state index >= 15 is 0 Å². The Balaban J connectivity index is 1.20. The average molecular weight is 701 g/mol. The van der Waals surface area contributed by atoms with Crippen molar-refractivity contribution in [1.82, 2.24) is 20.0 Å². The number of piperazine rings is 2. The summed E-state index contributed by atoms with van der Waals surface area (Å²) in [5.41, 5.74) is 6.84. The average Bonchev–Trinajstić information content (AvgIpc) is 3.53. The number of aliphatic hydroxyl groups excluding tert-OH is 2. The molecule has 3 aliphatic heterocycles. The van der Waals surface area contributed by atoms with Crippen molar-refractivity contribution in [2.75, 3.05) is 95.4 Å². The van der Waals surface area contributed by atoms with Crippen molar-refractivity contribution in [2.45, 2.75) is 37.8 Å². The molecule has 6 rings (SSSR count). The van der Waals surface area contributed by atoms with Crippen LogP contribution in [0.5, 0.6) is 0 Å². The van der Waals surface area contributed by atoms with Crippen LogP contribution in [-0.4, -0.2) is 129 Å². The van der Waals surface area contributed by atoms with E-state index in [0.717, 1.165) is 82.0 Å². The molecule has 2 fully saturated rings. The molecule has 0 saturated carbocycles. The zero-order valence-corrected chi connectivity index (χ0v) is 30.3. The smallest absolute Gasteiger partial charge is 0.243 e. The number of amides is 1. The Morgan fingerprint density at radius 2 is 1.44 bits per heavy atom. The minimum Gasteiger partial charge on any atom is -0.394 e. The zero-order chi connectivity index (χ0) is 35.0. The minimum atomic E-state index is -0.848. The molecule has 268 valence electrons. The van der Waals surface area contributed by atoms with Gasteiger partial charge in [-0.05, 0) is 86.5 Å². The van der Waals surface area contributed by atoms with E-state index in [-0.39, 0.29) is 18.4 Å². The maximum atomic E-state index is 14.2. The van der Waals surface area contributed by atoms with Gasteiger partial charge in [0.15, 0.2) is 0 Å². The summed E-state index contributed by atoms with van der Waals surface area (Å²) in [5, 5.41) is 23.8. The summed E-state index contributed by atoms with van der Waals surface area (Å²) in [4.78, 5) is 26.0. The first-order chi connectivity index (χ1) is 24.3. The summed E-state index contributed by atoms with van der Waals surface area (Å²) in [6.07, 6.45) is 2.47. The van der Waals surface area contributed by atoms with Crippen LogP contribution >= 0.6 is 11.6 Å². The number of hydrogen-bond donors (Lipinski definition) is 3. The summed E-state index contributed by atoms with van der Waals surface area (Å²) in [7, 11) is 2.16. The number of halogens is 1. The second-order valence-corrected chi connectivity index (χ2v) is 14.5. The number of likely N-dealkylation sites (N-methyl/N-ethyl adjacent to an activating group) is 1. The topological polar surface area (TPSA) is 85.8 Å². The molecule has 3 aliphatic rings. The molecule has 9 nitrogen and oxygen atoms in total. The summed E-state index contributed by atoms with van der Waals surface area (Å²) in [6.45, 7) is 11.9. The maximum absolute atomic E-state index is 14.2. The summed E-state index contributed by atoms with van der Waals surface area (Å²) < 4.78 is 0. The Bertz CT molecular complexity index is 1550.